The normalized spacial score (nSPS) is 18.1. The van der Waals surface area contributed by atoms with E-state index in [0.29, 0.717) is 0 Å². The van der Waals surface area contributed by atoms with E-state index in [1.54, 1.807) is 6.20 Å². The first kappa shape index (κ1) is 11.9. The standard InChI is InChI=1S/C11H18N4O2/c1-13-6-3-12-11(13)15-5-2-4-14(7-8-15)9-10(16)17/h3,6H,2,4-5,7-9H2,1H3,(H,16,17). The SMILES string of the molecule is Cn1ccnc1N1CCCN(CC(=O)O)CC1. The van der Waals surface area contributed by atoms with Gasteiger partial charge in [0.25, 0.3) is 0 Å². The summed E-state index contributed by atoms with van der Waals surface area (Å²) < 4.78 is 1.99. The molecule has 1 aromatic heterocycles. The second kappa shape index (κ2) is 5.18. The summed E-state index contributed by atoms with van der Waals surface area (Å²) in [5.74, 6) is 0.206. The Morgan fingerprint density at radius 2 is 2.24 bits per heavy atom. The fourth-order valence-electron chi connectivity index (χ4n) is 2.18. The summed E-state index contributed by atoms with van der Waals surface area (Å²) in [6.07, 6.45) is 4.69. The molecule has 1 aromatic rings. The first-order valence-corrected chi connectivity index (χ1v) is 5.83. The number of nitrogens with zero attached hydrogens (tertiary/aromatic N) is 4. The first-order chi connectivity index (χ1) is 8.16. The van der Waals surface area contributed by atoms with Gasteiger partial charge < -0.3 is 14.6 Å². The number of aryl methyl sites for hydroxylation is 1. The lowest BCUT2D eigenvalue weighted by atomic mass is 10.4. The van der Waals surface area contributed by atoms with Crippen LogP contribution < -0.4 is 4.90 Å². The predicted molar refractivity (Wildman–Crippen MR) is 64.1 cm³/mol. The van der Waals surface area contributed by atoms with Gasteiger partial charge in [-0.15, -0.1) is 0 Å². The molecule has 94 valence electrons. The van der Waals surface area contributed by atoms with Crippen molar-refractivity contribution in [2.24, 2.45) is 7.05 Å². The Morgan fingerprint density at radius 3 is 2.88 bits per heavy atom. The van der Waals surface area contributed by atoms with Crippen molar-refractivity contribution < 1.29 is 9.90 Å². The van der Waals surface area contributed by atoms with Crippen LogP contribution in [0.1, 0.15) is 6.42 Å². The number of imidazole rings is 1. The predicted octanol–water partition coefficient (Wildman–Crippen LogP) is 0.0168. The van der Waals surface area contributed by atoms with Crippen LogP contribution in [0.5, 0.6) is 0 Å². The molecule has 1 aliphatic rings. The Balaban J connectivity index is 1.96. The van der Waals surface area contributed by atoms with Crippen molar-refractivity contribution in [2.75, 3.05) is 37.6 Å². The van der Waals surface area contributed by atoms with Gasteiger partial charge in [0, 0.05) is 45.6 Å². The molecule has 1 aliphatic heterocycles. The summed E-state index contributed by atoms with van der Waals surface area (Å²) in [6, 6.07) is 0. The third-order valence-corrected chi connectivity index (χ3v) is 3.03. The maximum Gasteiger partial charge on any atom is 0.317 e. The number of aliphatic carboxylic acids is 1. The van der Waals surface area contributed by atoms with Gasteiger partial charge in [-0.2, -0.15) is 0 Å². The third kappa shape index (κ3) is 2.97. The Hall–Kier alpha value is -1.56. The van der Waals surface area contributed by atoms with Crippen molar-refractivity contribution in [3.05, 3.63) is 12.4 Å². The Labute approximate surface area is 100 Å². The molecule has 2 rings (SSSR count). The highest BCUT2D eigenvalue weighted by Crippen LogP contribution is 2.12. The number of hydrogen-bond acceptors (Lipinski definition) is 4. The topological polar surface area (TPSA) is 61.6 Å². The minimum Gasteiger partial charge on any atom is -0.480 e. The molecular formula is C11H18N4O2. The molecule has 0 unspecified atom stereocenters. The largest absolute Gasteiger partial charge is 0.480 e. The molecule has 17 heavy (non-hydrogen) atoms. The molecule has 0 spiro atoms. The van der Waals surface area contributed by atoms with Crippen molar-refractivity contribution in [3.8, 4) is 0 Å². The molecule has 1 saturated heterocycles. The molecule has 0 saturated carbocycles. The zero-order valence-corrected chi connectivity index (χ0v) is 10.0. The van der Waals surface area contributed by atoms with Gasteiger partial charge in [-0.1, -0.05) is 0 Å². The minimum atomic E-state index is -0.754. The lowest BCUT2D eigenvalue weighted by Gasteiger charge is -2.21. The van der Waals surface area contributed by atoms with Crippen LogP contribution in [0.3, 0.4) is 0 Å². The first-order valence-electron chi connectivity index (χ1n) is 5.83. The molecule has 1 fully saturated rings. The fraction of sp³-hybridized carbons (Fsp3) is 0.636. The lowest BCUT2D eigenvalue weighted by molar-refractivity contribution is -0.138. The van der Waals surface area contributed by atoms with Crippen LogP contribution >= 0.6 is 0 Å². The van der Waals surface area contributed by atoms with Crippen LogP contribution in [0.25, 0.3) is 0 Å². The van der Waals surface area contributed by atoms with Crippen LogP contribution in [0.15, 0.2) is 12.4 Å². The maximum absolute atomic E-state index is 10.7. The molecule has 1 N–H and O–H groups in total. The second-order valence-corrected chi connectivity index (χ2v) is 4.35. The van der Waals surface area contributed by atoms with Crippen LogP contribution in [0.4, 0.5) is 5.95 Å². The number of hydrogen-bond donors (Lipinski definition) is 1. The molecule has 2 heterocycles. The van der Waals surface area contributed by atoms with E-state index in [1.807, 2.05) is 22.7 Å². The van der Waals surface area contributed by atoms with Gasteiger partial charge >= 0.3 is 5.97 Å². The van der Waals surface area contributed by atoms with Crippen molar-refractivity contribution in [1.82, 2.24) is 14.5 Å². The quantitative estimate of drug-likeness (QED) is 0.804. The molecule has 6 heteroatoms. The smallest absolute Gasteiger partial charge is 0.317 e. The van der Waals surface area contributed by atoms with Crippen LogP contribution in [0.2, 0.25) is 0 Å². The van der Waals surface area contributed by atoms with E-state index in [0.717, 1.165) is 38.5 Å². The zero-order chi connectivity index (χ0) is 12.3. The molecule has 6 nitrogen and oxygen atoms in total. The number of aromatic nitrogens is 2. The minimum absolute atomic E-state index is 0.133. The number of carbonyl (C=O) groups is 1. The number of carboxylic acids is 1. The van der Waals surface area contributed by atoms with Gasteiger partial charge in [0.2, 0.25) is 5.95 Å². The monoisotopic (exact) mass is 238 g/mol. The van der Waals surface area contributed by atoms with Gasteiger partial charge in [0.05, 0.1) is 6.54 Å². The summed E-state index contributed by atoms with van der Waals surface area (Å²) in [5, 5.41) is 8.78. The van der Waals surface area contributed by atoms with E-state index in [9.17, 15) is 4.79 Å². The number of rotatable bonds is 3. The molecular weight excluding hydrogens is 220 g/mol. The van der Waals surface area contributed by atoms with Crippen molar-refractivity contribution in [3.63, 3.8) is 0 Å². The molecule has 0 aliphatic carbocycles. The molecule has 0 radical (unpaired) electrons. The molecule has 0 aromatic carbocycles. The molecule has 0 amide bonds. The van der Waals surface area contributed by atoms with Crippen molar-refractivity contribution in [2.45, 2.75) is 6.42 Å². The second-order valence-electron chi connectivity index (χ2n) is 4.35. The molecule has 0 bridgehead atoms. The number of anilines is 1. The lowest BCUT2D eigenvalue weighted by Crippen LogP contribution is -2.34. The van der Waals surface area contributed by atoms with E-state index >= 15 is 0 Å². The summed E-state index contributed by atoms with van der Waals surface area (Å²) in [6.45, 7) is 3.51. The summed E-state index contributed by atoms with van der Waals surface area (Å²) in [5.41, 5.74) is 0. The highest BCUT2D eigenvalue weighted by atomic mass is 16.4. The van der Waals surface area contributed by atoms with Gasteiger partial charge in [-0.3, -0.25) is 9.69 Å². The Bertz CT molecular complexity index is 391. The van der Waals surface area contributed by atoms with Crippen LogP contribution in [0, 0.1) is 0 Å². The summed E-state index contributed by atoms with van der Waals surface area (Å²) >= 11 is 0. The molecule has 0 atom stereocenters. The Kier molecular flexibility index (Phi) is 3.63. The van der Waals surface area contributed by atoms with E-state index in [2.05, 4.69) is 9.88 Å². The van der Waals surface area contributed by atoms with Gasteiger partial charge in [0.15, 0.2) is 0 Å². The zero-order valence-electron chi connectivity index (χ0n) is 10.0. The van der Waals surface area contributed by atoms with Gasteiger partial charge in [0.1, 0.15) is 0 Å². The van der Waals surface area contributed by atoms with Gasteiger partial charge in [-0.25, -0.2) is 4.98 Å². The van der Waals surface area contributed by atoms with Crippen molar-refractivity contribution >= 4 is 11.9 Å². The van der Waals surface area contributed by atoms with Crippen molar-refractivity contribution in [1.29, 1.82) is 0 Å². The van der Waals surface area contributed by atoms with E-state index < -0.39 is 5.97 Å². The maximum atomic E-state index is 10.7. The highest BCUT2D eigenvalue weighted by Gasteiger charge is 2.18. The van der Waals surface area contributed by atoms with Gasteiger partial charge in [-0.05, 0) is 6.42 Å². The average Bonchev–Trinajstić information content (AvgIpc) is 2.56. The fourth-order valence-corrected chi connectivity index (χ4v) is 2.18. The van der Waals surface area contributed by atoms with Crippen LogP contribution in [-0.2, 0) is 11.8 Å². The summed E-state index contributed by atoms with van der Waals surface area (Å²) in [7, 11) is 1.97. The van der Waals surface area contributed by atoms with Crippen LogP contribution in [-0.4, -0.2) is 58.3 Å². The average molecular weight is 238 g/mol. The highest BCUT2D eigenvalue weighted by molar-refractivity contribution is 5.69. The Morgan fingerprint density at radius 1 is 1.41 bits per heavy atom. The third-order valence-electron chi connectivity index (χ3n) is 3.03. The van der Waals surface area contributed by atoms with E-state index in [-0.39, 0.29) is 6.54 Å². The van der Waals surface area contributed by atoms with E-state index in [1.165, 1.54) is 0 Å². The summed E-state index contributed by atoms with van der Waals surface area (Å²) in [4.78, 5) is 19.2. The number of carboxylic acid groups (broad SMARTS) is 1. The van der Waals surface area contributed by atoms with E-state index in [4.69, 9.17) is 5.11 Å².